The lowest BCUT2D eigenvalue weighted by atomic mass is 10.1. The summed E-state index contributed by atoms with van der Waals surface area (Å²) in [5, 5.41) is 0. The largest absolute Gasteiger partial charge is 0.497 e. The van der Waals surface area contributed by atoms with Crippen molar-refractivity contribution in [2.45, 2.75) is 84.1 Å². The Labute approximate surface area is 179 Å². The highest BCUT2D eigenvalue weighted by atomic mass is 28.4. The molecule has 0 saturated heterocycles. The van der Waals surface area contributed by atoms with Gasteiger partial charge in [-0.15, -0.1) is 0 Å². The van der Waals surface area contributed by atoms with E-state index in [9.17, 15) is 4.79 Å². The first-order valence-electron chi connectivity index (χ1n) is 10.2. The molecular formula is C14H40O7Si6. The molecule has 0 spiro atoms. The van der Waals surface area contributed by atoms with Gasteiger partial charge in [-0.05, 0) is 6.04 Å². The molecule has 0 aliphatic heterocycles. The molecule has 0 heterocycles. The van der Waals surface area contributed by atoms with Gasteiger partial charge in [0.15, 0.2) is 0 Å². The predicted molar refractivity (Wildman–Crippen MR) is 125 cm³/mol. The monoisotopic (exact) mass is 488 g/mol. The van der Waals surface area contributed by atoms with Gasteiger partial charge in [0.2, 0.25) is 0 Å². The van der Waals surface area contributed by atoms with E-state index in [1.807, 2.05) is 0 Å². The maximum atomic E-state index is 11.2. The first-order valence-corrected chi connectivity index (χ1v) is 17.4. The van der Waals surface area contributed by atoms with Crippen LogP contribution in [0.25, 0.3) is 0 Å². The first kappa shape index (κ1) is 27.6. The minimum absolute atomic E-state index is 0.241. The normalized spacial score (nSPS) is 14.1. The van der Waals surface area contributed by atoms with Gasteiger partial charge in [0.25, 0.3) is 46.0 Å². The summed E-state index contributed by atoms with van der Waals surface area (Å²) in [6.07, 6.45) is 13.0. The summed E-state index contributed by atoms with van der Waals surface area (Å²) in [5.74, 6) is -0.241. The summed E-state index contributed by atoms with van der Waals surface area (Å²) >= 11 is 0. The second-order valence-electron chi connectivity index (χ2n) is 6.55. The van der Waals surface area contributed by atoms with E-state index in [-0.39, 0.29) is 5.97 Å². The lowest BCUT2D eigenvalue weighted by molar-refractivity contribution is -0.133. The lowest BCUT2D eigenvalue weighted by Crippen LogP contribution is -2.29. The van der Waals surface area contributed by atoms with Crippen LogP contribution in [0.3, 0.4) is 0 Å². The van der Waals surface area contributed by atoms with Crippen molar-refractivity contribution in [3.05, 3.63) is 0 Å². The van der Waals surface area contributed by atoms with Gasteiger partial charge in [-0.1, -0.05) is 71.1 Å². The van der Waals surface area contributed by atoms with Crippen LogP contribution in [0.1, 0.15) is 78.1 Å². The zero-order valence-corrected chi connectivity index (χ0v) is 26.4. The molecule has 0 rings (SSSR count). The average Bonchev–Trinajstić information content (AvgIpc) is 2.64. The molecule has 0 N–H and O–H groups in total. The minimum atomic E-state index is -1.91. The number of hydrogen-bond donors (Lipinski definition) is 0. The van der Waals surface area contributed by atoms with Crippen LogP contribution in [0, 0.1) is 0 Å². The van der Waals surface area contributed by atoms with Crippen LogP contribution in [-0.4, -0.2) is 65.8 Å². The Balaban J connectivity index is 3.57. The summed E-state index contributed by atoms with van der Waals surface area (Å²) < 4.78 is 32.5. The third-order valence-electron chi connectivity index (χ3n) is 3.96. The van der Waals surface area contributed by atoms with E-state index in [1.54, 1.807) is 0 Å². The number of carbonyl (C=O) groups is 1. The topological polar surface area (TPSA) is 72.5 Å². The van der Waals surface area contributed by atoms with E-state index in [1.165, 1.54) is 64.7 Å². The highest BCUT2D eigenvalue weighted by Gasteiger charge is 2.16. The van der Waals surface area contributed by atoms with Gasteiger partial charge in [-0.2, -0.15) is 0 Å². The van der Waals surface area contributed by atoms with Gasteiger partial charge in [-0.3, -0.25) is 4.79 Å². The molecule has 0 aliphatic carbocycles. The molecule has 1 unspecified atom stereocenters. The molecule has 13 heteroatoms. The van der Waals surface area contributed by atoms with Crippen LogP contribution in [0.15, 0.2) is 0 Å². The van der Waals surface area contributed by atoms with Crippen LogP contribution in [0.4, 0.5) is 0 Å². The molecule has 162 valence electrons. The van der Waals surface area contributed by atoms with Crippen molar-refractivity contribution in [3.63, 3.8) is 0 Å². The molecule has 0 radical (unpaired) electrons. The number of hydrogen-bond acceptors (Lipinski definition) is 7. The highest BCUT2D eigenvalue weighted by molar-refractivity contribution is 6.55. The third kappa shape index (κ3) is 22.7. The maximum Gasteiger partial charge on any atom is 0.376 e. The van der Waals surface area contributed by atoms with Crippen LogP contribution in [0.2, 0.25) is 6.04 Å². The zero-order valence-electron chi connectivity index (χ0n) is 17.5. The van der Waals surface area contributed by atoms with E-state index in [0.29, 0.717) is 0 Å². The van der Waals surface area contributed by atoms with Crippen molar-refractivity contribution in [1.82, 2.24) is 0 Å². The van der Waals surface area contributed by atoms with Gasteiger partial charge in [0.1, 0.15) is 10.5 Å². The van der Waals surface area contributed by atoms with Crippen molar-refractivity contribution in [3.8, 4) is 0 Å². The van der Waals surface area contributed by atoms with E-state index in [2.05, 4.69) is 6.92 Å². The van der Waals surface area contributed by atoms with Crippen molar-refractivity contribution >= 4 is 65.8 Å². The van der Waals surface area contributed by atoms with Gasteiger partial charge in [0, 0.05) is 6.92 Å². The summed E-state index contributed by atoms with van der Waals surface area (Å²) in [6.45, 7) is 3.71. The Hall–Kier alpha value is 0.571. The Morgan fingerprint density at radius 2 is 1.33 bits per heavy atom. The number of unbranched alkanes of at least 4 members (excludes halogenated alkanes) is 9. The standard InChI is InChI=1S/C14H40O7Si6/c1-3-4-5-6-7-8-9-10-11-12-13-27(16-14(2)15)21-26-20-25-19-24-18-23-17-22/h27H,3-13,23-26H2,1-2,22H3. The Morgan fingerprint density at radius 3 is 1.89 bits per heavy atom. The second-order valence-corrected chi connectivity index (χ2v) is 17.7. The predicted octanol–water partition coefficient (Wildman–Crippen LogP) is -0.951. The van der Waals surface area contributed by atoms with Crippen molar-refractivity contribution in [2.24, 2.45) is 0 Å². The van der Waals surface area contributed by atoms with E-state index in [0.717, 1.165) is 23.0 Å². The Kier molecular flexibility index (Phi) is 23.3. The van der Waals surface area contributed by atoms with Crippen molar-refractivity contribution in [2.75, 3.05) is 0 Å². The fourth-order valence-electron chi connectivity index (χ4n) is 2.59. The zero-order chi connectivity index (χ0) is 20.0. The van der Waals surface area contributed by atoms with E-state index < -0.39 is 49.3 Å². The number of rotatable bonds is 21. The SMILES string of the molecule is CCCCCCCCCCCC[SiH](O[SiH2]O[SiH2]O[SiH2]O[SiH2]O[SiH3])OC(C)=O. The molecule has 0 bridgehead atoms. The van der Waals surface area contributed by atoms with Gasteiger partial charge < -0.3 is 25.0 Å². The Morgan fingerprint density at radius 1 is 0.815 bits per heavy atom. The summed E-state index contributed by atoms with van der Waals surface area (Å²) in [6, 6.07) is 0.885. The number of carbonyl (C=O) groups excluding carboxylic acids is 1. The molecule has 0 saturated carbocycles. The van der Waals surface area contributed by atoms with Gasteiger partial charge in [-0.25, -0.2) is 0 Å². The molecule has 0 aromatic carbocycles. The minimum Gasteiger partial charge on any atom is -0.497 e. The van der Waals surface area contributed by atoms with E-state index >= 15 is 0 Å². The quantitative estimate of drug-likeness (QED) is 0.152. The molecule has 0 aromatic rings. The van der Waals surface area contributed by atoms with Crippen molar-refractivity contribution < 1.29 is 29.8 Å². The van der Waals surface area contributed by atoms with E-state index in [4.69, 9.17) is 25.0 Å². The lowest BCUT2D eigenvalue weighted by Gasteiger charge is -2.16. The average molecular weight is 489 g/mol. The maximum absolute atomic E-state index is 11.2. The fraction of sp³-hybridized carbons (Fsp3) is 0.929. The van der Waals surface area contributed by atoms with Crippen LogP contribution in [0.5, 0.6) is 0 Å². The first-order chi connectivity index (χ1) is 13.2. The summed E-state index contributed by atoms with van der Waals surface area (Å²) in [4.78, 5) is 11.2. The van der Waals surface area contributed by atoms with Gasteiger partial charge >= 0.3 is 9.28 Å². The van der Waals surface area contributed by atoms with Crippen LogP contribution in [-0.2, 0) is 29.8 Å². The second kappa shape index (κ2) is 22.9. The van der Waals surface area contributed by atoms with Gasteiger partial charge in [0.05, 0.1) is 0 Å². The fourth-order valence-corrected chi connectivity index (χ4v) is 12.5. The van der Waals surface area contributed by atoms with Crippen LogP contribution < -0.4 is 0 Å². The smallest absolute Gasteiger partial charge is 0.376 e. The molecule has 0 aliphatic rings. The summed E-state index contributed by atoms with van der Waals surface area (Å²) in [5.41, 5.74) is 0. The summed E-state index contributed by atoms with van der Waals surface area (Å²) in [7, 11) is -4.95. The molecule has 0 amide bonds. The highest BCUT2D eigenvalue weighted by Crippen LogP contribution is 2.13. The molecule has 7 nitrogen and oxygen atoms in total. The molecule has 0 aromatic heterocycles. The Bertz CT molecular complexity index is 330. The van der Waals surface area contributed by atoms with Crippen molar-refractivity contribution in [1.29, 1.82) is 0 Å². The molecular weight excluding hydrogens is 449 g/mol. The molecule has 1 atom stereocenters. The molecule has 27 heavy (non-hydrogen) atoms. The molecule has 0 fully saturated rings. The third-order valence-corrected chi connectivity index (χ3v) is 12.4. The van der Waals surface area contributed by atoms with Crippen LogP contribution >= 0.6 is 0 Å².